The first-order valence-electron chi connectivity index (χ1n) is 12.1. The van der Waals surface area contributed by atoms with Gasteiger partial charge in [-0.15, -0.1) is 6.58 Å². The van der Waals surface area contributed by atoms with Gasteiger partial charge in [0.15, 0.2) is 17.3 Å². The number of pyridine rings is 1. The highest BCUT2D eigenvalue weighted by atomic mass is 35.5. The molecule has 0 aliphatic carbocycles. The summed E-state index contributed by atoms with van der Waals surface area (Å²) in [6.45, 7) is 8.00. The molecule has 3 aromatic heterocycles. The molecule has 0 saturated heterocycles. The lowest BCUT2D eigenvalue weighted by atomic mass is 9.94. The number of allylic oxidation sites excluding steroid dienone is 1. The van der Waals surface area contributed by atoms with Crippen LogP contribution in [0.15, 0.2) is 52.3 Å². The number of nitrogens with one attached hydrogen (secondary N) is 1. The van der Waals surface area contributed by atoms with E-state index in [1.807, 2.05) is 0 Å². The quantitative estimate of drug-likeness (QED) is 0.357. The zero-order valence-corrected chi connectivity index (χ0v) is 23.3. The van der Waals surface area contributed by atoms with Crippen molar-refractivity contribution in [3.63, 3.8) is 0 Å². The van der Waals surface area contributed by atoms with Crippen LogP contribution in [-0.4, -0.2) is 59.5 Å². The number of aromatic nitrogens is 5. The highest BCUT2D eigenvalue weighted by molar-refractivity contribution is 7.92. The SMILES string of the molecule is C=CCn1c(=O)c2cnc(Nc3cc(C)c4c(c3)CN(C)CC4)nc2n1-c1nc(N=S(C)(C)=O)ccc1Cl. The third kappa shape index (κ3) is 5.09. The Kier molecular flexibility index (Phi) is 6.84. The van der Waals surface area contributed by atoms with E-state index >= 15 is 0 Å². The molecule has 0 fully saturated rings. The van der Waals surface area contributed by atoms with Crippen molar-refractivity contribution in [1.29, 1.82) is 0 Å². The summed E-state index contributed by atoms with van der Waals surface area (Å²) in [5, 5.41) is 3.88. The number of fused-ring (bicyclic) bond motifs is 2. The monoisotopic (exact) mass is 552 g/mol. The molecular formula is C26H29ClN8O2S. The van der Waals surface area contributed by atoms with Gasteiger partial charge in [0.1, 0.15) is 5.39 Å². The maximum Gasteiger partial charge on any atom is 0.278 e. The number of likely N-dealkylation sites (N-methyl/N-ethyl adjacent to an activating group) is 1. The molecule has 1 N–H and O–H groups in total. The Balaban J connectivity index is 1.65. The fraction of sp³-hybridized carbons (Fsp3) is 0.308. The van der Waals surface area contributed by atoms with Gasteiger partial charge in [0, 0.05) is 47.2 Å². The van der Waals surface area contributed by atoms with Crippen molar-refractivity contribution in [2.75, 3.05) is 31.4 Å². The van der Waals surface area contributed by atoms with E-state index in [0.29, 0.717) is 17.0 Å². The molecule has 0 atom stereocenters. The van der Waals surface area contributed by atoms with Crippen LogP contribution in [0.5, 0.6) is 0 Å². The summed E-state index contributed by atoms with van der Waals surface area (Å²) in [7, 11) is -0.350. The Morgan fingerprint density at radius 1 is 1.26 bits per heavy atom. The van der Waals surface area contributed by atoms with Gasteiger partial charge in [-0.25, -0.2) is 23.5 Å². The van der Waals surface area contributed by atoms with Gasteiger partial charge >= 0.3 is 0 Å². The van der Waals surface area contributed by atoms with E-state index in [1.165, 1.54) is 44.8 Å². The van der Waals surface area contributed by atoms with Crippen molar-refractivity contribution in [1.82, 2.24) is 29.2 Å². The molecule has 198 valence electrons. The molecule has 4 aromatic rings. The van der Waals surface area contributed by atoms with Crippen LogP contribution in [0.25, 0.3) is 16.9 Å². The third-order valence-electron chi connectivity index (χ3n) is 6.31. The number of hydrogen-bond acceptors (Lipinski definition) is 8. The minimum absolute atomic E-state index is 0.188. The normalized spacial score (nSPS) is 13.9. The van der Waals surface area contributed by atoms with E-state index in [0.717, 1.165) is 25.2 Å². The number of halogens is 1. The average Bonchev–Trinajstić information content (AvgIpc) is 3.10. The van der Waals surface area contributed by atoms with Gasteiger partial charge in [-0.05, 0) is 61.3 Å². The first kappa shape index (κ1) is 26.1. The van der Waals surface area contributed by atoms with E-state index in [-0.39, 0.29) is 28.8 Å². The summed E-state index contributed by atoms with van der Waals surface area (Å²) in [4.78, 5) is 29.2. The molecule has 0 unspecified atom stereocenters. The molecule has 0 bridgehead atoms. The number of aryl methyl sites for hydroxylation is 1. The third-order valence-corrected chi connectivity index (χ3v) is 7.23. The zero-order valence-electron chi connectivity index (χ0n) is 21.7. The number of rotatable bonds is 6. The molecule has 38 heavy (non-hydrogen) atoms. The molecule has 10 nitrogen and oxygen atoms in total. The lowest BCUT2D eigenvalue weighted by molar-refractivity contribution is 0.312. The first-order chi connectivity index (χ1) is 18.0. The smallest absolute Gasteiger partial charge is 0.278 e. The Morgan fingerprint density at radius 2 is 2.05 bits per heavy atom. The van der Waals surface area contributed by atoms with Gasteiger partial charge in [-0.1, -0.05) is 17.7 Å². The zero-order chi connectivity index (χ0) is 27.2. The van der Waals surface area contributed by atoms with Crippen molar-refractivity contribution in [2.45, 2.75) is 26.4 Å². The lowest BCUT2D eigenvalue weighted by Crippen LogP contribution is -2.27. The van der Waals surface area contributed by atoms with Gasteiger partial charge in [-0.2, -0.15) is 9.35 Å². The van der Waals surface area contributed by atoms with Gasteiger partial charge in [0.2, 0.25) is 5.95 Å². The van der Waals surface area contributed by atoms with E-state index in [1.54, 1.807) is 18.2 Å². The Labute approximate surface area is 226 Å². The standard InChI is InChI=1S/C26H29ClN8O2S/c1-6-10-34-25(36)20-14-28-26(29-18-12-16(2)19-9-11-33(3)15-17(19)13-18)31-23(20)35(34)24-21(27)7-8-22(30-24)32-38(4,5)37/h6-8,12-14H,1,9-11,15H2,2-5H3,(H,28,29,31). The minimum atomic E-state index is -2.46. The van der Waals surface area contributed by atoms with Crippen LogP contribution < -0.4 is 10.9 Å². The molecule has 0 amide bonds. The topological polar surface area (TPSA) is 110 Å². The Bertz CT molecular complexity index is 1760. The molecule has 4 heterocycles. The Hall–Kier alpha value is -3.54. The fourth-order valence-electron chi connectivity index (χ4n) is 4.70. The highest BCUT2D eigenvalue weighted by Crippen LogP contribution is 2.28. The van der Waals surface area contributed by atoms with Gasteiger partial charge in [0.25, 0.3) is 5.56 Å². The summed E-state index contributed by atoms with van der Waals surface area (Å²) in [6.07, 6.45) is 7.16. The fourth-order valence-corrected chi connectivity index (χ4v) is 5.44. The molecule has 1 aliphatic rings. The van der Waals surface area contributed by atoms with Gasteiger partial charge < -0.3 is 10.2 Å². The van der Waals surface area contributed by atoms with E-state index in [9.17, 15) is 9.00 Å². The molecular weight excluding hydrogens is 524 g/mol. The summed E-state index contributed by atoms with van der Waals surface area (Å²) in [5.74, 6) is 0.802. The van der Waals surface area contributed by atoms with Crippen molar-refractivity contribution >= 4 is 49.8 Å². The van der Waals surface area contributed by atoms with Gasteiger partial charge in [0.05, 0.1) is 11.6 Å². The summed E-state index contributed by atoms with van der Waals surface area (Å²) >= 11 is 6.55. The van der Waals surface area contributed by atoms with Crippen LogP contribution in [0.3, 0.4) is 0 Å². The van der Waals surface area contributed by atoms with Crippen LogP contribution in [0.1, 0.15) is 16.7 Å². The minimum Gasteiger partial charge on any atom is -0.324 e. The molecule has 12 heteroatoms. The lowest BCUT2D eigenvalue weighted by Gasteiger charge is -2.27. The molecule has 0 radical (unpaired) electrons. The van der Waals surface area contributed by atoms with E-state index in [2.05, 4.69) is 57.2 Å². The summed E-state index contributed by atoms with van der Waals surface area (Å²) < 4.78 is 19.4. The second kappa shape index (κ2) is 9.97. The number of benzene rings is 1. The van der Waals surface area contributed by atoms with Crippen LogP contribution in [0.4, 0.5) is 17.5 Å². The van der Waals surface area contributed by atoms with E-state index < -0.39 is 9.73 Å². The van der Waals surface area contributed by atoms with Crippen molar-refractivity contribution in [3.05, 3.63) is 75.2 Å². The summed E-state index contributed by atoms with van der Waals surface area (Å²) in [6, 6.07) is 7.40. The average molecular weight is 553 g/mol. The van der Waals surface area contributed by atoms with E-state index in [4.69, 9.17) is 16.6 Å². The second-order valence-corrected chi connectivity index (χ2v) is 12.7. The van der Waals surface area contributed by atoms with Crippen molar-refractivity contribution in [3.8, 4) is 5.82 Å². The molecule has 1 aliphatic heterocycles. The largest absolute Gasteiger partial charge is 0.324 e. The number of hydrogen-bond donors (Lipinski definition) is 1. The molecule has 0 saturated carbocycles. The number of nitrogens with zero attached hydrogens (tertiary/aromatic N) is 7. The van der Waals surface area contributed by atoms with Gasteiger partial charge in [-0.3, -0.25) is 4.79 Å². The van der Waals surface area contributed by atoms with Crippen LogP contribution in [0.2, 0.25) is 5.02 Å². The van der Waals surface area contributed by atoms with Crippen LogP contribution >= 0.6 is 11.6 Å². The highest BCUT2D eigenvalue weighted by Gasteiger charge is 2.21. The number of anilines is 2. The predicted octanol–water partition coefficient (Wildman–Crippen LogP) is 4.22. The summed E-state index contributed by atoms with van der Waals surface area (Å²) in [5.41, 5.74) is 4.75. The van der Waals surface area contributed by atoms with Crippen LogP contribution in [0, 0.1) is 6.92 Å². The van der Waals surface area contributed by atoms with Crippen LogP contribution in [-0.2, 0) is 29.2 Å². The molecule has 0 spiro atoms. The first-order valence-corrected chi connectivity index (χ1v) is 14.8. The Morgan fingerprint density at radius 3 is 2.79 bits per heavy atom. The van der Waals surface area contributed by atoms with Crippen molar-refractivity contribution < 1.29 is 4.21 Å². The second-order valence-electron chi connectivity index (χ2n) is 9.71. The maximum absolute atomic E-state index is 13.3. The molecule has 5 rings (SSSR count). The maximum atomic E-state index is 13.3. The van der Waals surface area contributed by atoms with Crippen molar-refractivity contribution in [2.24, 2.45) is 4.36 Å². The molecule has 1 aromatic carbocycles. The predicted molar refractivity (Wildman–Crippen MR) is 153 cm³/mol.